The minimum atomic E-state index is 0.662. The van der Waals surface area contributed by atoms with E-state index in [9.17, 15) is 0 Å². The number of anilines is 2. The Morgan fingerprint density at radius 1 is 1.35 bits per heavy atom. The van der Waals surface area contributed by atoms with Crippen LogP contribution in [0.4, 0.5) is 10.8 Å². The summed E-state index contributed by atoms with van der Waals surface area (Å²) in [6, 6.07) is 10.4. The fourth-order valence-corrected chi connectivity index (χ4v) is 3.92. The number of rotatable bonds is 4. The van der Waals surface area contributed by atoms with Gasteiger partial charge >= 0.3 is 0 Å². The van der Waals surface area contributed by atoms with Crippen LogP contribution in [0.2, 0.25) is 0 Å². The molecule has 1 aliphatic heterocycles. The molecule has 0 spiro atoms. The van der Waals surface area contributed by atoms with Crippen molar-refractivity contribution in [2.45, 2.75) is 26.2 Å². The van der Waals surface area contributed by atoms with Gasteiger partial charge in [-0.05, 0) is 35.9 Å². The molecule has 0 saturated carbocycles. The highest BCUT2D eigenvalue weighted by Crippen LogP contribution is 2.41. The van der Waals surface area contributed by atoms with Crippen molar-refractivity contribution in [1.82, 2.24) is 4.37 Å². The van der Waals surface area contributed by atoms with Crippen LogP contribution in [0.5, 0.6) is 0 Å². The van der Waals surface area contributed by atoms with Gasteiger partial charge in [0.2, 0.25) is 0 Å². The van der Waals surface area contributed by atoms with Crippen molar-refractivity contribution in [2.24, 2.45) is 5.92 Å². The molecular weight excluding hydrogens is 266 g/mol. The second kappa shape index (κ2) is 5.83. The summed E-state index contributed by atoms with van der Waals surface area (Å²) >= 11 is 1.54. The number of nitrogen functional groups attached to an aromatic ring is 1. The van der Waals surface area contributed by atoms with Crippen LogP contribution in [0.3, 0.4) is 0 Å². The molecule has 2 N–H and O–H groups in total. The molecule has 3 nitrogen and oxygen atoms in total. The highest BCUT2D eigenvalue weighted by molar-refractivity contribution is 7.11. The summed E-state index contributed by atoms with van der Waals surface area (Å²) in [6.45, 7) is 4.55. The van der Waals surface area contributed by atoms with E-state index in [4.69, 9.17) is 5.73 Å². The van der Waals surface area contributed by atoms with Crippen LogP contribution in [-0.2, 0) is 0 Å². The van der Waals surface area contributed by atoms with Crippen LogP contribution in [0.15, 0.2) is 30.3 Å². The van der Waals surface area contributed by atoms with E-state index in [0.29, 0.717) is 5.82 Å². The monoisotopic (exact) mass is 287 g/mol. The average Bonchev–Trinajstić information content (AvgIpc) is 3.07. The summed E-state index contributed by atoms with van der Waals surface area (Å²) in [5.74, 6) is 1.49. The second-order valence-electron chi connectivity index (χ2n) is 5.50. The molecule has 1 unspecified atom stereocenters. The van der Waals surface area contributed by atoms with Gasteiger partial charge in [-0.3, -0.25) is 0 Å². The lowest BCUT2D eigenvalue weighted by molar-refractivity contribution is 0.530. The van der Waals surface area contributed by atoms with Crippen LogP contribution in [-0.4, -0.2) is 17.5 Å². The summed E-state index contributed by atoms with van der Waals surface area (Å²) in [5, 5.41) is 1.24. The molecule has 1 atom stereocenters. The minimum Gasteiger partial charge on any atom is -0.382 e. The predicted octanol–water partition coefficient (Wildman–Crippen LogP) is 4.02. The Bertz CT molecular complexity index is 564. The summed E-state index contributed by atoms with van der Waals surface area (Å²) in [7, 11) is 0. The lowest BCUT2D eigenvalue weighted by atomic mass is 10.0. The molecule has 1 aliphatic rings. The Kier molecular flexibility index (Phi) is 3.92. The van der Waals surface area contributed by atoms with Gasteiger partial charge in [-0.2, -0.15) is 4.37 Å². The molecule has 0 bridgehead atoms. The average molecular weight is 287 g/mol. The maximum absolute atomic E-state index is 6.11. The van der Waals surface area contributed by atoms with Gasteiger partial charge in [0, 0.05) is 13.1 Å². The van der Waals surface area contributed by atoms with E-state index in [1.165, 1.54) is 41.4 Å². The van der Waals surface area contributed by atoms with Gasteiger partial charge in [-0.25, -0.2) is 0 Å². The minimum absolute atomic E-state index is 0.662. The molecule has 3 rings (SSSR count). The molecule has 20 heavy (non-hydrogen) atoms. The number of nitrogens with two attached hydrogens (primary N) is 1. The molecule has 2 heterocycles. The number of hydrogen-bond acceptors (Lipinski definition) is 4. The van der Waals surface area contributed by atoms with Crippen molar-refractivity contribution in [3.8, 4) is 11.1 Å². The quantitative estimate of drug-likeness (QED) is 0.923. The molecule has 0 radical (unpaired) electrons. The van der Waals surface area contributed by atoms with Gasteiger partial charge in [-0.1, -0.05) is 43.7 Å². The Balaban J connectivity index is 1.89. The lowest BCUT2D eigenvalue weighted by Crippen LogP contribution is -2.19. The van der Waals surface area contributed by atoms with E-state index >= 15 is 0 Å². The largest absolute Gasteiger partial charge is 0.382 e. The van der Waals surface area contributed by atoms with Crippen LogP contribution >= 0.6 is 11.5 Å². The lowest BCUT2D eigenvalue weighted by Gasteiger charge is -2.18. The third-order valence-electron chi connectivity index (χ3n) is 4.03. The predicted molar refractivity (Wildman–Crippen MR) is 87.2 cm³/mol. The van der Waals surface area contributed by atoms with Crippen LogP contribution in [0.1, 0.15) is 26.2 Å². The van der Waals surface area contributed by atoms with Gasteiger partial charge in [-0.15, -0.1) is 0 Å². The SMILES string of the molecule is CCCC1CCN(c2snc(N)c2-c2ccccc2)C1. The first-order valence-electron chi connectivity index (χ1n) is 7.35. The Morgan fingerprint density at radius 2 is 2.15 bits per heavy atom. The van der Waals surface area contributed by atoms with E-state index in [0.717, 1.165) is 24.6 Å². The zero-order valence-electron chi connectivity index (χ0n) is 11.9. The Morgan fingerprint density at radius 3 is 2.90 bits per heavy atom. The number of aromatic nitrogens is 1. The smallest absolute Gasteiger partial charge is 0.147 e. The molecule has 1 saturated heterocycles. The summed E-state index contributed by atoms with van der Waals surface area (Å²) in [4.78, 5) is 2.47. The van der Waals surface area contributed by atoms with Crippen molar-refractivity contribution >= 4 is 22.4 Å². The van der Waals surface area contributed by atoms with Gasteiger partial charge in [0.25, 0.3) is 0 Å². The molecule has 4 heteroatoms. The molecule has 106 valence electrons. The van der Waals surface area contributed by atoms with Crippen LogP contribution in [0, 0.1) is 5.92 Å². The first kappa shape index (κ1) is 13.4. The van der Waals surface area contributed by atoms with Crippen molar-refractivity contribution in [3.63, 3.8) is 0 Å². The van der Waals surface area contributed by atoms with Gasteiger partial charge in [0.15, 0.2) is 0 Å². The highest BCUT2D eigenvalue weighted by Gasteiger charge is 2.26. The van der Waals surface area contributed by atoms with Crippen molar-refractivity contribution in [1.29, 1.82) is 0 Å². The fourth-order valence-electron chi connectivity index (χ4n) is 3.05. The van der Waals surface area contributed by atoms with E-state index < -0.39 is 0 Å². The highest BCUT2D eigenvalue weighted by atomic mass is 32.1. The summed E-state index contributed by atoms with van der Waals surface area (Å²) < 4.78 is 4.39. The van der Waals surface area contributed by atoms with Crippen molar-refractivity contribution in [3.05, 3.63) is 30.3 Å². The Hall–Kier alpha value is -1.55. The van der Waals surface area contributed by atoms with E-state index in [-0.39, 0.29) is 0 Å². The number of hydrogen-bond donors (Lipinski definition) is 1. The maximum atomic E-state index is 6.11. The summed E-state index contributed by atoms with van der Waals surface area (Å²) in [6.07, 6.45) is 3.89. The second-order valence-corrected chi connectivity index (χ2v) is 6.26. The van der Waals surface area contributed by atoms with Gasteiger partial charge in [0.05, 0.1) is 5.56 Å². The van der Waals surface area contributed by atoms with Gasteiger partial charge < -0.3 is 10.6 Å². The topological polar surface area (TPSA) is 42.2 Å². The maximum Gasteiger partial charge on any atom is 0.147 e. The third kappa shape index (κ3) is 2.52. The number of benzene rings is 1. The van der Waals surface area contributed by atoms with E-state index in [1.807, 2.05) is 6.07 Å². The zero-order valence-corrected chi connectivity index (χ0v) is 12.7. The molecule has 0 aliphatic carbocycles. The number of nitrogens with zero attached hydrogens (tertiary/aromatic N) is 2. The molecular formula is C16H21N3S. The zero-order chi connectivity index (χ0) is 13.9. The van der Waals surface area contributed by atoms with E-state index in [1.54, 1.807) is 0 Å². The fraction of sp³-hybridized carbons (Fsp3) is 0.438. The van der Waals surface area contributed by atoms with Crippen molar-refractivity contribution < 1.29 is 0 Å². The molecule has 0 amide bonds. The summed E-state index contributed by atoms with van der Waals surface area (Å²) in [5.41, 5.74) is 8.40. The molecule has 2 aromatic rings. The molecule has 1 fully saturated rings. The Labute approximate surface area is 124 Å². The standard InChI is InChI=1S/C16H21N3S/c1-2-6-12-9-10-19(11-12)16-14(15(17)18-20-16)13-7-4-3-5-8-13/h3-5,7-8,12H,2,6,9-11H2,1H3,(H2,17,18). The van der Waals surface area contributed by atoms with Crippen LogP contribution in [0.25, 0.3) is 11.1 Å². The first-order chi connectivity index (χ1) is 9.79. The van der Waals surface area contributed by atoms with Crippen molar-refractivity contribution in [2.75, 3.05) is 23.7 Å². The van der Waals surface area contributed by atoms with Gasteiger partial charge in [0.1, 0.15) is 10.8 Å². The van der Waals surface area contributed by atoms with Crippen LogP contribution < -0.4 is 10.6 Å². The van der Waals surface area contributed by atoms with E-state index in [2.05, 4.69) is 40.5 Å². The molecule has 1 aromatic carbocycles. The normalized spacial score (nSPS) is 18.6. The first-order valence-corrected chi connectivity index (χ1v) is 8.12. The molecule has 1 aromatic heterocycles. The third-order valence-corrected chi connectivity index (χ3v) is 4.96.